The molecular formula is C11H14N6OS. The average Bonchev–Trinajstić information content (AvgIpc) is 3.10. The van der Waals surface area contributed by atoms with Gasteiger partial charge < -0.3 is 5.11 Å². The molecule has 2 aromatic rings. The number of hydrogen-bond donors (Lipinski definition) is 1. The SMILES string of the molecule is OCc1cnc(Sc2nnnn2C2CCCC2)nc1. The van der Waals surface area contributed by atoms with E-state index in [1.54, 1.807) is 12.4 Å². The molecule has 2 aromatic heterocycles. The van der Waals surface area contributed by atoms with Crippen molar-refractivity contribution in [3.05, 3.63) is 18.0 Å². The monoisotopic (exact) mass is 278 g/mol. The number of aromatic nitrogens is 6. The molecule has 0 bridgehead atoms. The topological polar surface area (TPSA) is 89.6 Å². The van der Waals surface area contributed by atoms with Gasteiger partial charge in [0.05, 0.1) is 12.6 Å². The van der Waals surface area contributed by atoms with Gasteiger partial charge in [-0.25, -0.2) is 14.6 Å². The highest BCUT2D eigenvalue weighted by atomic mass is 32.2. The van der Waals surface area contributed by atoms with E-state index in [-0.39, 0.29) is 6.61 Å². The zero-order chi connectivity index (χ0) is 13.1. The number of nitrogens with zero attached hydrogens (tertiary/aromatic N) is 6. The predicted molar refractivity (Wildman–Crippen MR) is 67.4 cm³/mol. The van der Waals surface area contributed by atoms with Crippen molar-refractivity contribution in [2.24, 2.45) is 0 Å². The van der Waals surface area contributed by atoms with Gasteiger partial charge in [0.1, 0.15) is 0 Å². The van der Waals surface area contributed by atoms with Crippen LogP contribution >= 0.6 is 11.8 Å². The van der Waals surface area contributed by atoms with Gasteiger partial charge in [0.25, 0.3) is 0 Å². The summed E-state index contributed by atoms with van der Waals surface area (Å²) in [5.41, 5.74) is 0.694. The highest BCUT2D eigenvalue weighted by Crippen LogP contribution is 2.32. The Labute approximate surface area is 114 Å². The highest BCUT2D eigenvalue weighted by Gasteiger charge is 2.22. The number of aliphatic hydroxyl groups excluding tert-OH is 1. The Hall–Kier alpha value is -1.54. The molecule has 8 heteroatoms. The Kier molecular flexibility index (Phi) is 3.69. The Morgan fingerprint density at radius 2 is 2.00 bits per heavy atom. The molecule has 3 rings (SSSR count). The minimum Gasteiger partial charge on any atom is -0.392 e. The molecule has 7 nitrogen and oxygen atoms in total. The first-order valence-corrected chi connectivity index (χ1v) is 7.06. The molecular weight excluding hydrogens is 264 g/mol. The van der Waals surface area contributed by atoms with E-state index >= 15 is 0 Å². The normalized spacial score (nSPS) is 16.1. The molecule has 0 aliphatic heterocycles. The average molecular weight is 278 g/mol. The third-order valence-electron chi connectivity index (χ3n) is 3.18. The van der Waals surface area contributed by atoms with Crippen molar-refractivity contribution in [1.82, 2.24) is 30.2 Å². The van der Waals surface area contributed by atoms with E-state index in [0.717, 1.165) is 18.0 Å². The van der Waals surface area contributed by atoms with E-state index in [2.05, 4.69) is 25.5 Å². The number of tetrazole rings is 1. The van der Waals surface area contributed by atoms with E-state index in [0.29, 0.717) is 16.8 Å². The van der Waals surface area contributed by atoms with Crippen molar-refractivity contribution < 1.29 is 5.11 Å². The van der Waals surface area contributed by atoms with Crippen molar-refractivity contribution in [2.75, 3.05) is 0 Å². The fourth-order valence-corrected chi connectivity index (χ4v) is 2.92. The maximum Gasteiger partial charge on any atom is 0.217 e. The molecule has 1 aliphatic carbocycles. The van der Waals surface area contributed by atoms with Crippen LogP contribution in [-0.2, 0) is 6.61 Å². The van der Waals surface area contributed by atoms with Gasteiger partial charge >= 0.3 is 0 Å². The van der Waals surface area contributed by atoms with Crippen LogP contribution < -0.4 is 0 Å². The lowest BCUT2D eigenvalue weighted by Gasteiger charge is -2.09. The van der Waals surface area contributed by atoms with Gasteiger partial charge in [-0.1, -0.05) is 12.8 Å². The standard InChI is InChI=1S/C11H14N6OS/c18-7-8-5-12-10(13-6-8)19-11-14-15-16-17(11)9-3-1-2-4-9/h5-6,9,18H,1-4,7H2. The van der Waals surface area contributed by atoms with Crippen LogP contribution in [0.2, 0.25) is 0 Å². The van der Waals surface area contributed by atoms with E-state index in [1.807, 2.05) is 4.68 Å². The maximum absolute atomic E-state index is 8.95. The summed E-state index contributed by atoms with van der Waals surface area (Å²) >= 11 is 1.35. The summed E-state index contributed by atoms with van der Waals surface area (Å²) in [5.74, 6) is 0. The zero-order valence-corrected chi connectivity index (χ0v) is 11.1. The lowest BCUT2D eigenvalue weighted by molar-refractivity contribution is 0.280. The summed E-state index contributed by atoms with van der Waals surface area (Å²) < 4.78 is 1.88. The van der Waals surface area contributed by atoms with Crippen molar-refractivity contribution in [2.45, 2.75) is 48.6 Å². The molecule has 1 aliphatic rings. The molecule has 1 fully saturated rings. The van der Waals surface area contributed by atoms with Gasteiger partial charge in [0.15, 0.2) is 5.16 Å². The molecule has 2 heterocycles. The Bertz CT molecular complexity index is 536. The molecule has 0 spiro atoms. The summed E-state index contributed by atoms with van der Waals surface area (Å²) in [5, 5.41) is 22.1. The van der Waals surface area contributed by atoms with E-state index in [1.165, 1.54) is 24.6 Å². The first-order chi connectivity index (χ1) is 9.36. The minimum atomic E-state index is -0.0508. The van der Waals surface area contributed by atoms with Gasteiger partial charge in [-0.15, -0.1) is 5.10 Å². The fourth-order valence-electron chi connectivity index (χ4n) is 2.19. The minimum absolute atomic E-state index is 0.0508. The van der Waals surface area contributed by atoms with Crippen LogP contribution in [0.25, 0.3) is 0 Å². The summed E-state index contributed by atoms with van der Waals surface area (Å²) in [6.07, 6.45) is 7.94. The second-order valence-electron chi connectivity index (χ2n) is 4.48. The third-order valence-corrected chi connectivity index (χ3v) is 4.02. The van der Waals surface area contributed by atoms with Crippen LogP contribution in [0.5, 0.6) is 0 Å². The summed E-state index contributed by atoms with van der Waals surface area (Å²) in [6.45, 7) is -0.0508. The smallest absolute Gasteiger partial charge is 0.217 e. The largest absolute Gasteiger partial charge is 0.392 e. The highest BCUT2D eigenvalue weighted by molar-refractivity contribution is 7.99. The molecule has 1 saturated carbocycles. The van der Waals surface area contributed by atoms with E-state index in [4.69, 9.17) is 5.11 Å². The summed E-state index contributed by atoms with van der Waals surface area (Å²) in [7, 11) is 0. The number of rotatable bonds is 4. The lowest BCUT2D eigenvalue weighted by Crippen LogP contribution is -2.08. The van der Waals surface area contributed by atoms with Crippen molar-refractivity contribution in [1.29, 1.82) is 0 Å². The third kappa shape index (κ3) is 2.74. The Balaban J connectivity index is 1.77. The molecule has 0 unspecified atom stereocenters. The molecule has 0 radical (unpaired) electrons. The molecule has 0 atom stereocenters. The second-order valence-corrected chi connectivity index (χ2v) is 5.41. The van der Waals surface area contributed by atoms with E-state index < -0.39 is 0 Å². The van der Waals surface area contributed by atoms with Crippen molar-refractivity contribution >= 4 is 11.8 Å². The zero-order valence-electron chi connectivity index (χ0n) is 10.3. The molecule has 100 valence electrons. The second kappa shape index (κ2) is 5.62. The van der Waals surface area contributed by atoms with Gasteiger partial charge in [-0.2, -0.15) is 0 Å². The molecule has 0 saturated heterocycles. The maximum atomic E-state index is 8.95. The first kappa shape index (κ1) is 12.5. The van der Waals surface area contributed by atoms with E-state index in [9.17, 15) is 0 Å². The molecule has 19 heavy (non-hydrogen) atoms. The van der Waals surface area contributed by atoms with Crippen LogP contribution in [-0.4, -0.2) is 35.3 Å². The Morgan fingerprint density at radius 3 is 2.68 bits per heavy atom. The fraction of sp³-hybridized carbons (Fsp3) is 0.545. The molecule has 1 N–H and O–H groups in total. The van der Waals surface area contributed by atoms with Crippen LogP contribution in [0, 0.1) is 0 Å². The lowest BCUT2D eigenvalue weighted by atomic mass is 10.3. The van der Waals surface area contributed by atoms with Crippen LogP contribution in [0.1, 0.15) is 37.3 Å². The van der Waals surface area contributed by atoms with Gasteiger partial charge in [0.2, 0.25) is 5.16 Å². The van der Waals surface area contributed by atoms with Crippen LogP contribution in [0.4, 0.5) is 0 Å². The van der Waals surface area contributed by atoms with Gasteiger partial charge in [0, 0.05) is 18.0 Å². The molecule has 0 amide bonds. The number of hydrogen-bond acceptors (Lipinski definition) is 7. The van der Waals surface area contributed by atoms with Crippen LogP contribution in [0.15, 0.2) is 22.7 Å². The summed E-state index contributed by atoms with van der Waals surface area (Å²) in [4.78, 5) is 8.35. The van der Waals surface area contributed by atoms with Crippen molar-refractivity contribution in [3.63, 3.8) is 0 Å². The van der Waals surface area contributed by atoms with Crippen LogP contribution in [0.3, 0.4) is 0 Å². The molecule has 0 aromatic carbocycles. The quantitative estimate of drug-likeness (QED) is 0.841. The van der Waals surface area contributed by atoms with Crippen molar-refractivity contribution in [3.8, 4) is 0 Å². The predicted octanol–water partition coefficient (Wildman–Crippen LogP) is 1.22. The summed E-state index contributed by atoms with van der Waals surface area (Å²) in [6, 6.07) is 0.397. The van der Waals surface area contributed by atoms with Gasteiger partial charge in [-0.05, 0) is 35.0 Å². The van der Waals surface area contributed by atoms with Gasteiger partial charge in [-0.3, -0.25) is 0 Å². The number of aliphatic hydroxyl groups is 1. The first-order valence-electron chi connectivity index (χ1n) is 6.24. The Morgan fingerprint density at radius 1 is 1.26 bits per heavy atom.